The molecule has 3 heterocycles. The Morgan fingerprint density at radius 2 is 1.96 bits per heavy atom. The Labute approximate surface area is 142 Å². The number of pyridine rings is 2. The average Bonchev–Trinajstić information content (AvgIpc) is 3.04. The zero-order chi connectivity index (χ0) is 16.9. The summed E-state index contributed by atoms with van der Waals surface area (Å²) in [5, 5.41) is 11.8. The Morgan fingerprint density at radius 3 is 2.71 bits per heavy atom. The van der Waals surface area contributed by atoms with Gasteiger partial charge in [0, 0.05) is 12.4 Å². The Bertz CT molecular complexity index is 835. The van der Waals surface area contributed by atoms with Gasteiger partial charge in [-0.1, -0.05) is 17.4 Å². The third kappa shape index (κ3) is 3.72. The van der Waals surface area contributed by atoms with Crippen molar-refractivity contribution in [1.29, 1.82) is 0 Å². The molecule has 8 heteroatoms. The lowest BCUT2D eigenvalue weighted by atomic mass is 10.2. The quantitative estimate of drug-likeness (QED) is 0.767. The summed E-state index contributed by atoms with van der Waals surface area (Å²) >= 11 is 1.25. The van der Waals surface area contributed by atoms with E-state index in [1.165, 1.54) is 11.3 Å². The number of amides is 1. The van der Waals surface area contributed by atoms with Gasteiger partial charge in [-0.3, -0.25) is 15.1 Å². The first kappa shape index (κ1) is 16.0. The number of anilines is 1. The zero-order valence-corrected chi connectivity index (χ0v) is 13.9. The van der Waals surface area contributed by atoms with Crippen LogP contribution >= 0.6 is 11.3 Å². The molecule has 1 amide bonds. The summed E-state index contributed by atoms with van der Waals surface area (Å²) < 4.78 is 5.56. The number of ether oxygens (including phenoxy) is 1. The minimum atomic E-state index is -0.345. The van der Waals surface area contributed by atoms with E-state index in [0.29, 0.717) is 27.3 Å². The van der Waals surface area contributed by atoms with E-state index in [1.807, 2.05) is 32.0 Å². The van der Waals surface area contributed by atoms with Gasteiger partial charge in [0.2, 0.25) is 11.0 Å². The maximum absolute atomic E-state index is 12.5. The maximum Gasteiger partial charge on any atom is 0.262 e. The van der Waals surface area contributed by atoms with Gasteiger partial charge in [0.05, 0.1) is 6.10 Å². The van der Waals surface area contributed by atoms with Crippen molar-refractivity contribution in [2.24, 2.45) is 0 Å². The minimum Gasteiger partial charge on any atom is -0.474 e. The van der Waals surface area contributed by atoms with E-state index in [4.69, 9.17) is 4.74 Å². The fourth-order valence-corrected chi connectivity index (χ4v) is 2.63. The molecule has 0 aliphatic carbocycles. The summed E-state index contributed by atoms with van der Waals surface area (Å²) in [6.45, 7) is 3.75. The lowest BCUT2D eigenvalue weighted by Gasteiger charge is -2.11. The van der Waals surface area contributed by atoms with Crippen LogP contribution in [0.2, 0.25) is 0 Å². The van der Waals surface area contributed by atoms with E-state index < -0.39 is 0 Å². The molecule has 24 heavy (non-hydrogen) atoms. The minimum absolute atomic E-state index is 0.0799. The lowest BCUT2D eigenvalue weighted by Crippen LogP contribution is -2.16. The van der Waals surface area contributed by atoms with Crippen LogP contribution in [-0.4, -0.2) is 32.2 Å². The lowest BCUT2D eigenvalue weighted by molar-refractivity contribution is 0.102. The van der Waals surface area contributed by atoms with Crippen molar-refractivity contribution >= 4 is 22.4 Å². The molecule has 0 aliphatic heterocycles. The molecular formula is C16H15N5O2S. The fourth-order valence-electron chi connectivity index (χ4n) is 1.91. The molecule has 3 aromatic rings. The van der Waals surface area contributed by atoms with Gasteiger partial charge in [-0.15, -0.1) is 10.2 Å². The molecule has 0 saturated carbocycles. The molecule has 0 atom stereocenters. The summed E-state index contributed by atoms with van der Waals surface area (Å²) in [7, 11) is 0. The van der Waals surface area contributed by atoms with E-state index in [0.717, 1.165) is 0 Å². The number of nitrogens with one attached hydrogen (secondary N) is 1. The Balaban J connectivity index is 1.78. The molecule has 3 rings (SSSR count). The Kier molecular flexibility index (Phi) is 4.76. The van der Waals surface area contributed by atoms with E-state index in [-0.39, 0.29) is 12.0 Å². The summed E-state index contributed by atoms with van der Waals surface area (Å²) in [5.41, 5.74) is 1.06. The van der Waals surface area contributed by atoms with E-state index in [9.17, 15) is 4.79 Å². The molecule has 0 spiro atoms. The normalized spacial score (nSPS) is 10.6. The fraction of sp³-hybridized carbons (Fsp3) is 0.188. The molecule has 0 fully saturated rings. The van der Waals surface area contributed by atoms with Gasteiger partial charge in [0.15, 0.2) is 5.01 Å². The molecule has 0 bridgehead atoms. The van der Waals surface area contributed by atoms with Crippen molar-refractivity contribution in [2.45, 2.75) is 20.0 Å². The molecule has 1 N–H and O–H groups in total. The predicted molar refractivity (Wildman–Crippen MR) is 91.1 cm³/mol. The molecule has 0 saturated heterocycles. The van der Waals surface area contributed by atoms with Crippen LogP contribution in [0.5, 0.6) is 5.88 Å². The first-order chi connectivity index (χ1) is 11.6. The number of nitrogens with zero attached hydrogens (tertiary/aromatic N) is 4. The molecule has 7 nitrogen and oxygen atoms in total. The number of hydrogen-bond donors (Lipinski definition) is 1. The smallest absolute Gasteiger partial charge is 0.262 e. The van der Waals surface area contributed by atoms with Crippen LogP contribution in [0.25, 0.3) is 10.7 Å². The molecule has 0 aromatic carbocycles. The average molecular weight is 341 g/mol. The summed E-state index contributed by atoms with van der Waals surface area (Å²) in [6.07, 6.45) is 3.18. The molecule has 0 radical (unpaired) electrons. The van der Waals surface area contributed by atoms with Crippen LogP contribution in [0.1, 0.15) is 24.2 Å². The zero-order valence-electron chi connectivity index (χ0n) is 13.1. The molecule has 0 unspecified atom stereocenters. The largest absolute Gasteiger partial charge is 0.474 e. The van der Waals surface area contributed by atoms with Gasteiger partial charge in [-0.2, -0.15) is 0 Å². The molecular weight excluding hydrogens is 326 g/mol. The van der Waals surface area contributed by atoms with E-state index in [1.54, 1.807) is 24.5 Å². The number of carbonyl (C=O) groups is 1. The van der Waals surface area contributed by atoms with Crippen LogP contribution in [0, 0.1) is 0 Å². The van der Waals surface area contributed by atoms with Crippen molar-refractivity contribution in [3.05, 3.63) is 48.3 Å². The van der Waals surface area contributed by atoms with Crippen LogP contribution in [0.15, 0.2) is 42.7 Å². The number of hydrogen-bond acceptors (Lipinski definition) is 7. The van der Waals surface area contributed by atoms with Gasteiger partial charge in [0.1, 0.15) is 11.3 Å². The van der Waals surface area contributed by atoms with E-state index >= 15 is 0 Å². The van der Waals surface area contributed by atoms with Gasteiger partial charge >= 0.3 is 0 Å². The highest BCUT2D eigenvalue weighted by Gasteiger charge is 2.17. The number of carbonyl (C=O) groups excluding carboxylic acids is 1. The number of rotatable bonds is 5. The third-order valence-electron chi connectivity index (χ3n) is 2.89. The molecule has 122 valence electrons. The highest BCUT2D eigenvalue weighted by molar-refractivity contribution is 7.18. The predicted octanol–water partition coefficient (Wildman–Crippen LogP) is 3.03. The first-order valence-electron chi connectivity index (χ1n) is 7.31. The highest BCUT2D eigenvalue weighted by atomic mass is 32.1. The second kappa shape index (κ2) is 7.14. The SMILES string of the molecule is CC(C)Oc1ncccc1C(=O)Nc1nnc(-c2ccccn2)s1. The van der Waals surface area contributed by atoms with Crippen molar-refractivity contribution < 1.29 is 9.53 Å². The van der Waals surface area contributed by atoms with Gasteiger partial charge in [-0.05, 0) is 38.1 Å². The maximum atomic E-state index is 12.5. The van der Waals surface area contributed by atoms with Crippen LogP contribution < -0.4 is 10.1 Å². The second-order valence-corrected chi connectivity index (χ2v) is 6.08. The standard InChI is InChI=1S/C16H15N5O2S/c1-10(2)23-14-11(6-5-9-18-14)13(22)19-16-21-20-15(24-16)12-7-3-4-8-17-12/h3-10H,1-2H3,(H,19,21,22). The van der Waals surface area contributed by atoms with Crippen molar-refractivity contribution in [1.82, 2.24) is 20.2 Å². The second-order valence-electron chi connectivity index (χ2n) is 5.10. The molecule has 3 aromatic heterocycles. The highest BCUT2D eigenvalue weighted by Crippen LogP contribution is 2.25. The topological polar surface area (TPSA) is 89.9 Å². The third-order valence-corrected chi connectivity index (χ3v) is 3.75. The van der Waals surface area contributed by atoms with Gasteiger partial charge in [0.25, 0.3) is 5.91 Å². The van der Waals surface area contributed by atoms with Crippen LogP contribution in [0.3, 0.4) is 0 Å². The van der Waals surface area contributed by atoms with Gasteiger partial charge < -0.3 is 4.74 Å². The van der Waals surface area contributed by atoms with Crippen LogP contribution in [-0.2, 0) is 0 Å². The summed E-state index contributed by atoms with van der Waals surface area (Å²) in [6, 6.07) is 8.86. The Morgan fingerprint density at radius 1 is 1.12 bits per heavy atom. The first-order valence-corrected chi connectivity index (χ1v) is 8.13. The monoisotopic (exact) mass is 341 g/mol. The van der Waals surface area contributed by atoms with Crippen molar-refractivity contribution in [2.75, 3.05) is 5.32 Å². The Hall–Kier alpha value is -2.87. The van der Waals surface area contributed by atoms with Crippen molar-refractivity contribution in [3.8, 4) is 16.6 Å². The van der Waals surface area contributed by atoms with Crippen LogP contribution in [0.4, 0.5) is 5.13 Å². The summed E-state index contributed by atoms with van der Waals surface area (Å²) in [5.74, 6) is -0.0538. The number of aromatic nitrogens is 4. The summed E-state index contributed by atoms with van der Waals surface area (Å²) in [4.78, 5) is 20.8. The van der Waals surface area contributed by atoms with Gasteiger partial charge in [-0.25, -0.2) is 4.98 Å². The van der Waals surface area contributed by atoms with Crippen molar-refractivity contribution in [3.63, 3.8) is 0 Å². The molecule has 0 aliphatic rings. The van der Waals surface area contributed by atoms with E-state index in [2.05, 4.69) is 25.5 Å².